The van der Waals surface area contributed by atoms with Crippen LogP contribution in [0, 0.1) is 6.92 Å². The number of ketones is 1. The smallest absolute Gasteiger partial charge is 0.249 e. The Labute approximate surface area is 149 Å². The van der Waals surface area contributed by atoms with E-state index in [1.165, 1.54) is 0 Å². The van der Waals surface area contributed by atoms with Gasteiger partial charge in [0.15, 0.2) is 6.10 Å². The maximum atomic E-state index is 12.5. The average molecular weight is 362 g/mol. The van der Waals surface area contributed by atoms with Crippen LogP contribution in [0.3, 0.4) is 0 Å². The predicted molar refractivity (Wildman–Crippen MR) is 95.1 cm³/mol. The SMILES string of the molecule is Cc1cc(Cl)cc(C2OC(N)=C(OSCc3ccccc3)C2=O)c1. The lowest BCUT2D eigenvalue weighted by atomic mass is 10.0. The number of ether oxygens (including phenoxy) is 1. The first kappa shape index (κ1) is 16.7. The summed E-state index contributed by atoms with van der Waals surface area (Å²) in [6, 6.07) is 15.2. The molecule has 0 bridgehead atoms. The summed E-state index contributed by atoms with van der Waals surface area (Å²) in [5, 5.41) is 0.549. The molecule has 3 rings (SSSR count). The van der Waals surface area contributed by atoms with Gasteiger partial charge in [0.2, 0.25) is 17.4 Å². The van der Waals surface area contributed by atoms with Gasteiger partial charge in [-0.3, -0.25) is 4.79 Å². The second-order valence-corrected chi connectivity index (χ2v) is 6.58. The lowest BCUT2D eigenvalue weighted by Gasteiger charge is -2.11. The number of Topliss-reactive ketones (excluding diaryl/α,β-unsaturated/α-hetero) is 1. The third kappa shape index (κ3) is 3.68. The highest BCUT2D eigenvalue weighted by molar-refractivity contribution is 7.94. The monoisotopic (exact) mass is 361 g/mol. The molecule has 1 unspecified atom stereocenters. The number of benzene rings is 2. The van der Waals surface area contributed by atoms with Gasteiger partial charge in [0.1, 0.15) is 0 Å². The summed E-state index contributed by atoms with van der Waals surface area (Å²) in [6.07, 6.45) is -0.810. The van der Waals surface area contributed by atoms with Gasteiger partial charge in [-0.05, 0) is 30.2 Å². The van der Waals surface area contributed by atoms with Crippen molar-refractivity contribution in [2.75, 3.05) is 0 Å². The van der Waals surface area contributed by atoms with E-state index in [1.54, 1.807) is 6.07 Å². The van der Waals surface area contributed by atoms with Crippen molar-refractivity contribution in [1.29, 1.82) is 0 Å². The Morgan fingerprint density at radius 1 is 1.25 bits per heavy atom. The molecule has 2 aromatic carbocycles. The molecule has 1 atom stereocenters. The van der Waals surface area contributed by atoms with E-state index in [9.17, 15) is 4.79 Å². The predicted octanol–water partition coefficient (Wildman–Crippen LogP) is 4.28. The van der Waals surface area contributed by atoms with Gasteiger partial charge < -0.3 is 14.7 Å². The van der Waals surface area contributed by atoms with Crippen LogP contribution in [0.25, 0.3) is 0 Å². The quantitative estimate of drug-likeness (QED) is 0.805. The van der Waals surface area contributed by atoms with Crippen LogP contribution in [-0.4, -0.2) is 5.78 Å². The van der Waals surface area contributed by atoms with Crippen molar-refractivity contribution in [2.45, 2.75) is 18.8 Å². The molecule has 2 N–H and O–H groups in total. The largest absolute Gasteiger partial charge is 0.460 e. The summed E-state index contributed by atoms with van der Waals surface area (Å²) >= 11 is 7.20. The number of hydrogen-bond donors (Lipinski definition) is 1. The van der Waals surface area contributed by atoms with Gasteiger partial charge in [0.05, 0.1) is 17.8 Å². The van der Waals surface area contributed by atoms with E-state index in [2.05, 4.69) is 0 Å². The van der Waals surface area contributed by atoms with Crippen LogP contribution >= 0.6 is 23.6 Å². The second kappa shape index (κ2) is 7.20. The highest BCUT2D eigenvalue weighted by Crippen LogP contribution is 2.35. The molecule has 1 aliphatic rings. The molecule has 0 aromatic heterocycles. The summed E-state index contributed by atoms with van der Waals surface area (Å²) in [5.41, 5.74) is 8.52. The van der Waals surface area contributed by atoms with Crippen molar-refractivity contribution in [3.8, 4) is 0 Å². The molecule has 0 fully saturated rings. The van der Waals surface area contributed by atoms with Crippen molar-refractivity contribution in [2.24, 2.45) is 5.73 Å². The highest BCUT2D eigenvalue weighted by atomic mass is 35.5. The zero-order valence-corrected chi connectivity index (χ0v) is 14.6. The molecule has 4 nitrogen and oxygen atoms in total. The zero-order chi connectivity index (χ0) is 17.1. The number of hydrogen-bond acceptors (Lipinski definition) is 5. The van der Waals surface area contributed by atoms with E-state index < -0.39 is 6.10 Å². The molecule has 124 valence electrons. The summed E-state index contributed by atoms with van der Waals surface area (Å²) < 4.78 is 11.0. The van der Waals surface area contributed by atoms with E-state index in [-0.39, 0.29) is 17.4 Å². The molecule has 6 heteroatoms. The Kier molecular flexibility index (Phi) is 5.02. The number of halogens is 1. The van der Waals surface area contributed by atoms with Crippen molar-refractivity contribution in [3.05, 3.63) is 81.9 Å². The van der Waals surface area contributed by atoms with Gasteiger partial charge >= 0.3 is 0 Å². The lowest BCUT2D eigenvalue weighted by Crippen LogP contribution is -2.10. The lowest BCUT2D eigenvalue weighted by molar-refractivity contribution is -0.122. The van der Waals surface area contributed by atoms with Crippen LogP contribution in [0.1, 0.15) is 22.8 Å². The van der Waals surface area contributed by atoms with Gasteiger partial charge in [-0.2, -0.15) is 0 Å². The Morgan fingerprint density at radius 2 is 2.00 bits per heavy atom. The van der Waals surface area contributed by atoms with E-state index in [4.69, 9.17) is 26.3 Å². The fourth-order valence-corrected chi connectivity index (χ4v) is 3.39. The van der Waals surface area contributed by atoms with Crippen LogP contribution in [0.4, 0.5) is 0 Å². The Bertz CT molecular complexity index is 772. The van der Waals surface area contributed by atoms with Crippen LogP contribution in [0.5, 0.6) is 0 Å². The van der Waals surface area contributed by atoms with Crippen molar-refractivity contribution >= 4 is 29.4 Å². The first-order valence-electron chi connectivity index (χ1n) is 7.35. The molecule has 0 radical (unpaired) electrons. The molecule has 2 aromatic rings. The third-order valence-electron chi connectivity index (χ3n) is 3.51. The van der Waals surface area contributed by atoms with E-state index >= 15 is 0 Å². The van der Waals surface area contributed by atoms with Crippen molar-refractivity contribution in [3.63, 3.8) is 0 Å². The number of carbonyl (C=O) groups excluding carboxylic acids is 1. The second-order valence-electron chi connectivity index (χ2n) is 5.45. The van der Waals surface area contributed by atoms with E-state index in [0.717, 1.165) is 23.2 Å². The standard InChI is InChI=1S/C18H16ClNO3S/c1-11-7-13(9-14(19)8-11)16-15(21)17(18(20)22-16)23-24-10-12-5-3-2-4-6-12/h2-9,16H,10,20H2,1H3. The maximum absolute atomic E-state index is 12.5. The molecule has 0 saturated heterocycles. The first-order chi connectivity index (χ1) is 11.5. The summed E-state index contributed by atoms with van der Waals surface area (Å²) in [5.74, 6) is 0.364. The van der Waals surface area contributed by atoms with Crippen molar-refractivity contribution < 1.29 is 13.7 Å². The summed E-state index contributed by atoms with van der Waals surface area (Å²) in [7, 11) is 0. The minimum atomic E-state index is -0.810. The molecule has 1 aliphatic heterocycles. The van der Waals surface area contributed by atoms with Crippen LogP contribution in [0.15, 0.2) is 60.2 Å². The third-order valence-corrected chi connectivity index (χ3v) is 4.46. The number of aryl methyl sites for hydroxylation is 1. The molecule has 0 amide bonds. The normalized spacial score (nSPS) is 17.1. The van der Waals surface area contributed by atoms with Crippen LogP contribution in [-0.2, 0) is 19.5 Å². The number of rotatable bonds is 5. The van der Waals surface area contributed by atoms with Gasteiger partial charge in [-0.15, -0.1) is 0 Å². The molecular weight excluding hydrogens is 346 g/mol. The fraction of sp³-hybridized carbons (Fsp3) is 0.167. The molecule has 0 saturated carbocycles. The Morgan fingerprint density at radius 3 is 2.71 bits per heavy atom. The maximum Gasteiger partial charge on any atom is 0.249 e. The van der Waals surface area contributed by atoms with Gasteiger partial charge in [0, 0.05) is 10.6 Å². The van der Waals surface area contributed by atoms with Crippen molar-refractivity contribution in [1.82, 2.24) is 0 Å². The molecule has 1 heterocycles. The highest BCUT2D eigenvalue weighted by Gasteiger charge is 2.37. The van der Waals surface area contributed by atoms with Crippen LogP contribution in [0.2, 0.25) is 5.02 Å². The minimum absolute atomic E-state index is 0.00295. The van der Waals surface area contributed by atoms with E-state index in [0.29, 0.717) is 16.3 Å². The topological polar surface area (TPSA) is 61.6 Å². The van der Waals surface area contributed by atoms with Crippen LogP contribution < -0.4 is 5.73 Å². The number of nitrogens with two attached hydrogens (primary N) is 1. The average Bonchev–Trinajstić information content (AvgIpc) is 2.83. The minimum Gasteiger partial charge on any atom is -0.460 e. The van der Waals surface area contributed by atoms with Gasteiger partial charge in [-0.1, -0.05) is 48.0 Å². The molecule has 0 aliphatic carbocycles. The zero-order valence-electron chi connectivity index (χ0n) is 13.0. The van der Waals surface area contributed by atoms with E-state index in [1.807, 2.05) is 49.4 Å². The van der Waals surface area contributed by atoms with Gasteiger partial charge in [-0.25, -0.2) is 0 Å². The fourth-order valence-electron chi connectivity index (χ4n) is 2.42. The van der Waals surface area contributed by atoms with Gasteiger partial charge in [0.25, 0.3) is 0 Å². The summed E-state index contributed by atoms with van der Waals surface area (Å²) in [4.78, 5) is 12.5. The number of carbonyl (C=O) groups is 1. The Hall–Kier alpha value is -2.11. The molecule has 24 heavy (non-hydrogen) atoms. The summed E-state index contributed by atoms with van der Waals surface area (Å²) in [6.45, 7) is 1.90. The molecular formula is C18H16ClNO3S. The Balaban J connectivity index is 1.67. The first-order valence-corrected chi connectivity index (χ1v) is 8.64. The molecule has 0 spiro atoms.